The summed E-state index contributed by atoms with van der Waals surface area (Å²) in [5.74, 6) is 0.507. The summed E-state index contributed by atoms with van der Waals surface area (Å²) in [6.07, 6.45) is 0. The summed E-state index contributed by atoms with van der Waals surface area (Å²) in [4.78, 5) is 14.6. The third-order valence-corrected chi connectivity index (χ3v) is 2.91. The fraction of sp³-hybridized carbons (Fsp3) is 0.462. The minimum absolute atomic E-state index is 0.0296. The molecule has 1 rings (SSSR count). The molecule has 22 heavy (non-hydrogen) atoms. The van der Waals surface area contributed by atoms with Gasteiger partial charge in [0.25, 0.3) is 0 Å². The molecule has 0 fully saturated rings. The quantitative estimate of drug-likeness (QED) is 0.143. The summed E-state index contributed by atoms with van der Waals surface area (Å²) in [5.41, 5.74) is 9.09. The highest BCUT2D eigenvalue weighted by Gasteiger charge is 2.20. The first kappa shape index (κ1) is 18.0. The number of hydrogen-bond acceptors (Lipinski definition) is 7. The minimum atomic E-state index is -0.532. The van der Waals surface area contributed by atoms with Gasteiger partial charge in [0, 0.05) is 23.8 Å². The molecule has 0 aromatic heterocycles. The molecule has 0 atom stereocenters. The fourth-order valence-corrected chi connectivity index (χ4v) is 1.92. The Morgan fingerprint density at radius 1 is 1.36 bits per heavy atom. The van der Waals surface area contributed by atoms with Crippen LogP contribution in [0.4, 0.5) is 0 Å². The van der Waals surface area contributed by atoms with E-state index in [1.54, 1.807) is 12.1 Å². The zero-order chi connectivity index (χ0) is 16.4. The second kappa shape index (κ2) is 9.78. The molecule has 9 heteroatoms. The molecule has 0 spiro atoms. The second-order valence-electron chi connectivity index (χ2n) is 3.96. The minimum Gasteiger partial charge on any atom is -0.493 e. The van der Waals surface area contributed by atoms with Gasteiger partial charge in [0.15, 0.2) is 6.79 Å². The topological polar surface area (TPSA) is 103 Å². The lowest BCUT2D eigenvalue weighted by Gasteiger charge is -2.15. The lowest BCUT2D eigenvalue weighted by Crippen LogP contribution is -2.11. The Labute approximate surface area is 133 Å². The van der Waals surface area contributed by atoms with Crippen molar-refractivity contribution in [2.45, 2.75) is 5.75 Å². The number of thiol groups is 1. The molecule has 0 bridgehead atoms. The van der Waals surface area contributed by atoms with Crippen LogP contribution >= 0.6 is 12.6 Å². The van der Waals surface area contributed by atoms with Crippen molar-refractivity contribution in [3.8, 4) is 11.5 Å². The number of ether oxygens (including phenoxy) is 4. The molecule has 120 valence electrons. The smallest absolute Gasteiger partial charge is 0.341 e. The van der Waals surface area contributed by atoms with Crippen LogP contribution in [0.1, 0.15) is 15.9 Å². The number of esters is 1. The average molecular weight is 327 g/mol. The van der Waals surface area contributed by atoms with Gasteiger partial charge in [0.1, 0.15) is 17.1 Å². The number of methoxy groups -OCH3 is 2. The highest BCUT2D eigenvalue weighted by Crippen LogP contribution is 2.31. The van der Waals surface area contributed by atoms with Crippen molar-refractivity contribution in [2.24, 2.45) is 5.11 Å². The van der Waals surface area contributed by atoms with Crippen LogP contribution in [0.2, 0.25) is 0 Å². The van der Waals surface area contributed by atoms with Crippen LogP contribution in [0.15, 0.2) is 17.2 Å². The van der Waals surface area contributed by atoms with Crippen molar-refractivity contribution in [1.29, 1.82) is 0 Å². The second-order valence-corrected chi connectivity index (χ2v) is 4.28. The van der Waals surface area contributed by atoms with E-state index in [9.17, 15) is 4.79 Å². The molecule has 1 aromatic rings. The van der Waals surface area contributed by atoms with Crippen molar-refractivity contribution < 1.29 is 23.7 Å². The molecule has 0 N–H and O–H groups in total. The number of carbonyl (C=O) groups excluding carboxylic acids is 1. The van der Waals surface area contributed by atoms with Crippen LogP contribution in [0.3, 0.4) is 0 Å². The number of azide groups is 1. The zero-order valence-electron chi connectivity index (χ0n) is 12.3. The van der Waals surface area contributed by atoms with E-state index in [1.807, 2.05) is 0 Å². The van der Waals surface area contributed by atoms with Gasteiger partial charge in [-0.1, -0.05) is 5.11 Å². The van der Waals surface area contributed by atoms with E-state index < -0.39 is 5.97 Å². The van der Waals surface area contributed by atoms with E-state index >= 15 is 0 Å². The summed E-state index contributed by atoms with van der Waals surface area (Å²) in [6, 6.07) is 3.21. The van der Waals surface area contributed by atoms with Crippen LogP contribution in [0, 0.1) is 0 Å². The van der Waals surface area contributed by atoms with Crippen LogP contribution in [0.5, 0.6) is 11.5 Å². The van der Waals surface area contributed by atoms with Crippen molar-refractivity contribution in [3.63, 3.8) is 0 Å². The maximum atomic E-state index is 11.9. The Kier molecular flexibility index (Phi) is 7.98. The van der Waals surface area contributed by atoms with Gasteiger partial charge in [0.2, 0.25) is 0 Å². The normalized spacial score (nSPS) is 9.77. The molecule has 0 heterocycles. The standard InChI is InChI=1S/C13H17N3O5S/c1-18-8-21-11-6-10(20-4-3-15-16-14)5-9(7-22)12(11)13(17)19-2/h5-6,22H,3-4,7-8H2,1-2H3. The molecular weight excluding hydrogens is 310 g/mol. The maximum Gasteiger partial charge on any atom is 0.341 e. The number of rotatable bonds is 9. The van der Waals surface area contributed by atoms with Gasteiger partial charge in [-0.3, -0.25) is 0 Å². The fourth-order valence-electron chi connectivity index (χ4n) is 1.67. The van der Waals surface area contributed by atoms with E-state index in [4.69, 9.17) is 24.5 Å². The van der Waals surface area contributed by atoms with Gasteiger partial charge < -0.3 is 18.9 Å². The monoisotopic (exact) mass is 327 g/mol. The molecular formula is C13H17N3O5S. The predicted octanol–water partition coefficient (Wildman–Crippen LogP) is 2.57. The lowest BCUT2D eigenvalue weighted by atomic mass is 10.1. The van der Waals surface area contributed by atoms with E-state index in [0.717, 1.165) is 0 Å². The summed E-state index contributed by atoms with van der Waals surface area (Å²) in [7, 11) is 2.76. The molecule has 0 saturated heterocycles. The van der Waals surface area contributed by atoms with Crippen LogP contribution < -0.4 is 9.47 Å². The molecule has 0 amide bonds. The molecule has 0 saturated carbocycles. The van der Waals surface area contributed by atoms with Gasteiger partial charge in [-0.15, -0.1) is 0 Å². The van der Waals surface area contributed by atoms with Gasteiger partial charge in [-0.2, -0.15) is 12.6 Å². The predicted molar refractivity (Wildman–Crippen MR) is 82.5 cm³/mol. The maximum absolute atomic E-state index is 11.9. The van der Waals surface area contributed by atoms with Crippen molar-refractivity contribution >= 4 is 18.6 Å². The van der Waals surface area contributed by atoms with Crippen LogP contribution in [-0.2, 0) is 15.2 Å². The van der Waals surface area contributed by atoms with E-state index in [1.165, 1.54) is 14.2 Å². The first-order chi connectivity index (χ1) is 10.7. The molecule has 0 radical (unpaired) electrons. The number of nitrogens with zero attached hydrogens (tertiary/aromatic N) is 3. The first-order valence-corrected chi connectivity index (χ1v) is 6.92. The van der Waals surface area contributed by atoms with Crippen molar-refractivity contribution in [1.82, 2.24) is 0 Å². The average Bonchev–Trinajstić information content (AvgIpc) is 2.55. The summed E-state index contributed by atoms with van der Waals surface area (Å²) in [5, 5.41) is 3.38. The molecule has 8 nitrogen and oxygen atoms in total. The Balaban J connectivity index is 3.10. The first-order valence-electron chi connectivity index (χ1n) is 6.29. The SMILES string of the molecule is COCOc1cc(OCCN=[N+]=[N-])cc(CS)c1C(=O)OC. The third kappa shape index (κ3) is 5.03. The molecule has 0 unspecified atom stereocenters. The highest BCUT2D eigenvalue weighted by molar-refractivity contribution is 7.79. The molecule has 1 aromatic carbocycles. The van der Waals surface area contributed by atoms with Gasteiger partial charge >= 0.3 is 5.97 Å². The highest BCUT2D eigenvalue weighted by atomic mass is 32.1. The van der Waals surface area contributed by atoms with E-state index in [2.05, 4.69) is 22.7 Å². The summed E-state index contributed by atoms with van der Waals surface area (Å²) < 4.78 is 20.5. The third-order valence-electron chi connectivity index (χ3n) is 2.57. The number of carbonyl (C=O) groups is 1. The molecule has 0 aliphatic rings. The molecule has 0 aliphatic heterocycles. The Morgan fingerprint density at radius 2 is 2.14 bits per heavy atom. The van der Waals surface area contributed by atoms with Gasteiger partial charge in [-0.25, -0.2) is 4.79 Å². The number of benzene rings is 1. The summed E-state index contributed by atoms with van der Waals surface area (Å²) in [6.45, 7) is 0.370. The molecule has 0 aliphatic carbocycles. The largest absolute Gasteiger partial charge is 0.493 e. The Bertz CT molecular complexity index is 561. The van der Waals surface area contributed by atoms with E-state index in [0.29, 0.717) is 17.1 Å². The summed E-state index contributed by atoms with van der Waals surface area (Å²) >= 11 is 4.21. The lowest BCUT2D eigenvalue weighted by molar-refractivity contribution is 0.0462. The van der Waals surface area contributed by atoms with Gasteiger partial charge in [0.05, 0.1) is 20.3 Å². The zero-order valence-corrected chi connectivity index (χ0v) is 13.2. The van der Waals surface area contributed by atoms with Crippen LogP contribution in [-0.4, -0.2) is 40.1 Å². The van der Waals surface area contributed by atoms with Crippen molar-refractivity contribution in [3.05, 3.63) is 33.7 Å². The van der Waals surface area contributed by atoms with Gasteiger partial charge in [-0.05, 0) is 17.2 Å². The Hall–Kier alpha value is -2.09. The van der Waals surface area contributed by atoms with E-state index in [-0.39, 0.29) is 31.3 Å². The Morgan fingerprint density at radius 3 is 2.73 bits per heavy atom. The number of hydrogen-bond donors (Lipinski definition) is 1. The van der Waals surface area contributed by atoms with Crippen molar-refractivity contribution in [2.75, 3.05) is 34.2 Å². The van der Waals surface area contributed by atoms with Crippen LogP contribution in [0.25, 0.3) is 10.4 Å².